The van der Waals surface area contributed by atoms with Crippen molar-refractivity contribution < 1.29 is 0 Å². The normalized spacial score (nSPS) is 22.0. The van der Waals surface area contributed by atoms with E-state index in [-0.39, 0.29) is 0 Å². The molecule has 90 valence electrons. The van der Waals surface area contributed by atoms with E-state index in [1.165, 1.54) is 6.42 Å². The van der Waals surface area contributed by atoms with E-state index in [1.807, 2.05) is 24.5 Å². The summed E-state index contributed by atoms with van der Waals surface area (Å²) in [4.78, 5) is 3.30. The zero-order valence-electron chi connectivity index (χ0n) is 10.6. The highest BCUT2D eigenvalue weighted by Gasteiger charge is 2.33. The average Bonchev–Trinajstić information content (AvgIpc) is 3.03. The summed E-state index contributed by atoms with van der Waals surface area (Å²) in [5.41, 5.74) is 1.88. The maximum absolute atomic E-state index is 9.29. The second kappa shape index (κ2) is 5.01. The Hall–Kier alpha value is -1.14. The summed E-state index contributed by atoms with van der Waals surface area (Å²) in [6.07, 6.45) is 3.34. The van der Waals surface area contributed by atoms with E-state index >= 15 is 0 Å². The molecule has 2 nitrogen and oxygen atoms in total. The maximum Gasteiger partial charge on any atom is 0.102 e. The molecule has 2 unspecified atom stereocenters. The van der Waals surface area contributed by atoms with Crippen LogP contribution >= 0.6 is 11.8 Å². The van der Waals surface area contributed by atoms with Gasteiger partial charge >= 0.3 is 0 Å². The van der Waals surface area contributed by atoms with Gasteiger partial charge in [0.2, 0.25) is 0 Å². The standard InChI is InChI=1S/C14H18N2S/c1-10-7-11(10)9-16(2)13-5-4-6-14(17-3)12(13)8-15/h4-6,10-11H,7,9H2,1-3H3. The third-order valence-corrected chi connectivity index (χ3v) is 4.31. The minimum absolute atomic E-state index is 0.810. The van der Waals surface area contributed by atoms with Crippen molar-refractivity contribution in [2.45, 2.75) is 18.2 Å². The fourth-order valence-corrected chi connectivity index (χ4v) is 2.79. The van der Waals surface area contributed by atoms with Crippen molar-refractivity contribution in [3.8, 4) is 6.07 Å². The Morgan fingerprint density at radius 1 is 1.53 bits per heavy atom. The number of rotatable bonds is 4. The molecule has 0 amide bonds. The van der Waals surface area contributed by atoms with Crippen molar-refractivity contribution in [1.82, 2.24) is 0 Å². The smallest absolute Gasteiger partial charge is 0.102 e. The highest BCUT2D eigenvalue weighted by molar-refractivity contribution is 7.98. The summed E-state index contributed by atoms with van der Waals surface area (Å²) in [7, 11) is 2.09. The van der Waals surface area contributed by atoms with Gasteiger partial charge in [-0.15, -0.1) is 11.8 Å². The van der Waals surface area contributed by atoms with Crippen LogP contribution in [-0.2, 0) is 0 Å². The average molecular weight is 246 g/mol. The number of nitrogens with zero attached hydrogens (tertiary/aromatic N) is 2. The second-order valence-corrected chi connectivity index (χ2v) is 5.67. The van der Waals surface area contributed by atoms with Crippen LogP contribution in [0.5, 0.6) is 0 Å². The molecule has 0 heterocycles. The molecular formula is C14H18N2S. The molecule has 0 bridgehead atoms. The van der Waals surface area contributed by atoms with Crippen molar-refractivity contribution in [2.75, 3.05) is 24.7 Å². The molecule has 1 saturated carbocycles. The quantitative estimate of drug-likeness (QED) is 0.762. The van der Waals surface area contributed by atoms with E-state index in [2.05, 4.69) is 24.9 Å². The van der Waals surface area contributed by atoms with Crippen molar-refractivity contribution in [3.05, 3.63) is 23.8 Å². The predicted molar refractivity (Wildman–Crippen MR) is 73.5 cm³/mol. The fraction of sp³-hybridized carbons (Fsp3) is 0.500. The molecule has 0 N–H and O–H groups in total. The van der Waals surface area contributed by atoms with Gasteiger partial charge in [0, 0.05) is 18.5 Å². The van der Waals surface area contributed by atoms with Gasteiger partial charge in [0.15, 0.2) is 0 Å². The topological polar surface area (TPSA) is 27.0 Å². The van der Waals surface area contributed by atoms with E-state index < -0.39 is 0 Å². The zero-order chi connectivity index (χ0) is 12.4. The van der Waals surface area contributed by atoms with Crippen LogP contribution in [0.25, 0.3) is 0 Å². The van der Waals surface area contributed by atoms with Crippen LogP contribution in [0.3, 0.4) is 0 Å². The Morgan fingerprint density at radius 3 is 2.76 bits per heavy atom. The molecular weight excluding hydrogens is 228 g/mol. The number of hydrogen-bond donors (Lipinski definition) is 0. The Labute approximate surface area is 108 Å². The summed E-state index contributed by atoms with van der Waals surface area (Å²) >= 11 is 1.64. The monoisotopic (exact) mass is 246 g/mol. The van der Waals surface area contributed by atoms with Gasteiger partial charge in [-0.3, -0.25) is 0 Å². The van der Waals surface area contributed by atoms with Crippen LogP contribution in [0.2, 0.25) is 0 Å². The van der Waals surface area contributed by atoms with Crippen molar-refractivity contribution in [2.24, 2.45) is 11.8 Å². The Morgan fingerprint density at radius 2 is 2.24 bits per heavy atom. The van der Waals surface area contributed by atoms with Gasteiger partial charge in [0.25, 0.3) is 0 Å². The van der Waals surface area contributed by atoms with Gasteiger partial charge in [-0.25, -0.2) is 0 Å². The van der Waals surface area contributed by atoms with Crippen LogP contribution in [0.4, 0.5) is 5.69 Å². The summed E-state index contributed by atoms with van der Waals surface area (Å²) in [6.45, 7) is 3.36. The molecule has 1 fully saturated rings. The van der Waals surface area contributed by atoms with Gasteiger partial charge in [0.1, 0.15) is 6.07 Å². The zero-order valence-corrected chi connectivity index (χ0v) is 11.4. The van der Waals surface area contributed by atoms with Crippen molar-refractivity contribution in [1.29, 1.82) is 5.26 Å². The van der Waals surface area contributed by atoms with Crippen LogP contribution in [0, 0.1) is 23.2 Å². The molecule has 0 aliphatic heterocycles. The Kier molecular flexibility index (Phi) is 3.63. The van der Waals surface area contributed by atoms with Gasteiger partial charge in [-0.1, -0.05) is 13.0 Å². The lowest BCUT2D eigenvalue weighted by molar-refractivity contribution is 0.724. The number of nitriles is 1. The van der Waals surface area contributed by atoms with Gasteiger partial charge in [0.05, 0.1) is 11.3 Å². The molecule has 1 aromatic carbocycles. The summed E-state index contributed by atoms with van der Waals surface area (Å²) < 4.78 is 0. The Bertz CT molecular complexity index is 450. The molecule has 1 aliphatic rings. The number of benzene rings is 1. The summed E-state index contributed by atoms with van der Waals surface area (Å²) in [6, 6.07) is 8.44. The molecule has 2 rings (SSSR count). The third kappa shape index (κ3) is 2.58. The number of anilines is 1. The van der Waals surface area contributed by atoms with Crippen molar-refractivity contribution in [3.63, 3.8) is 0 Å². The Balaban J connectivity index is 2.22. The highest BCUT2D eigenvalue weighted by atomic mass is 32.2. The van der Waals surface area contributed by atoms with E-state index in [9.17, 15) is 5.26 Å². The summed E-state index contributed by atoms with van der Waals surface area (Å²) in [5, 5.41) is 9.29. The van der Waals surface area contributed by atoms with E-state index in [4.69, 9.17) is 0 Å². The second-order valence-electron chi connectivity index (χ2n) is 4.82. The predicted octanol–water partition coefficient (Wildman–Crippen LogP) is 3.37. The van der Waals surface area contributed by atoms with Crippen LogP contribution in [0.1, 0.15) is 18.9 Å². The first kappa shape index (κ1) is 12.3. The lowest BCUT2D eigenvalue weighted by atomic mass is 10.1. The maximum atomic E-state index is 9.29. The van der Waals surface area contributed by atoms with Gasteiger partial charge < -0.3 is 4.90 Å². The molecule has 0 radical (unpaired) electrons. The summed E-state index contributed by atoms with van der Waals surface area (Å²) in [5.74, 6) is 1.66. The first-order chi connectivity index (χ1) is 8.17. The highest BCUT2D eigenvalue weighted by Crippen LogP contribution is 2.39. The molecule has 1 aliphatic carbocycles. The number of thioether (sulfide) groups is 1. The molecule has 0 spiro atoms. The van der Waals surface area contributed by atoms with E-state index in [0.717, 1.165) is 34.5 Å². The lowest BCUT2D eigenvalue weighted by Gasteiger charge is -2.21. The number of hydrogen-bond acceptors (Lipinski definition) is 3. The van der Waals surface area contributed by atoms with Crippen LogP contribution in [-0.4, -0.2) is 19.8 Å². The first-order valence-electron chi connectivity index (χ1n) is 5.95. The van der Waals surface area contributed by atoms with E-state index in [0.29, 0.717) is 0 Å². The third-order valence-electron chi connectivity index (χ3n) is 3.53. The minimum Gasteiger partial charge on any atom is -0.373 e. The SMILES string of the molecule is CSc1cccc(N(C)CC2CC2C)c1C#N. The fourth-order valence-electron chi connectivity index (χ4n) is 2.22. The van der Waals surface area contributed by atoms with Crippen molar-refractivity contribution >= 4 is 17.4 Å². The largest absolute Gasteiger partial charge is 0.373 e. The van der Waals surface area contributed by atoms with Gasteiger partial charge in [-0.2, -0.15) is 5.26 Å². The minimum atomic E-state index is 0.810. The van der Waals surface area contributed by atoms with Crippen LogP contribution in [0.15, 0.2) is 23.1 Å². The molecule has 3 heteroatoms. The van der Waals surface area contributed by atoms with Crippen LogP contribution < -0.4 is 4.90 Å². The molecule has 1 aromatic rings. The lowest BCUT2D eigenvalue weighted by Crippen LogP contribution is -2.21. The molecule has 2 atom stereocenters. The molecule has 17 heavy (non-hydrogen) atoms. The molecule has 0 aromatic heterocycles. The van der Waals surface area contributed by atoms with E-state index in [1.54, 1.807) is 11.8 Å². The molecule has 0 saturated heterocycles. The van der Waals surface area contributed by atoms with Gasteiger partial charge in [-0.05, 0) is 36.6 Å². The first-order valence-corrected chi connectivity index (χ1v) is 7.18.